The largest absolute Gasteiger partial charge is 0.270 e. The highest BCUT2D eigenvalue weighted by atomic mass is 32.1. The van der Waals surface area contributed by atoms with Crippen molar-refractivity contribution < 1.29 is 4.92 Å². The molecule has 2 rings (SSSR count). The third-order valence-corrected chi connectivity index (χ3v) is 2.94. The van der Waals surface area contributed by atoms with Crippen molar-refractivity contribution in [2.45, 2.75) is 11.8 Å². The summed E-state index contributed by atoms with van der Waals surface area (Å²) < 4.78 is 0. The molecule has 0 fully saturated rings. The van der Waals surface area contributed by atoms with Crippen LogP contribution in [-0.4, -0.2) is 11.1 Å². The SMILES string of the molecule is Cc1ccc(S)c(N=Cc2cccc([N+](=O)[O-])c2)c1. The van der Waals surface area contributed by atoms with Crippen LogP contribution in [0, 0.1) is 17.0 Å². The van der Waals surface area contributed by atoms with E-state index in [1.54, 1.807) is 18.3 Å². The van der Waals surface area contributed by atoms with Gasteiger partial charge in [0.2, 0.25) is 0 Å². The minimum Gasteiger partial charge on any atom is -0.258 e. The predicted molar refractivity (Wildman–Crippen MR) is 78.8 cm³/mol. The Balaban J connectivity index is 2.30. The Bertz CT molecular complexity index is 654. The molecular formula is C14H12N2O2S. The van der Waals surface area contributed by atoms with Gasteiger partial charge in [0.05, 0.1) is 10.6 Å². The molecule has 0 amide bonds. The summed E-state index contributed by atoms with van der Waals surface area (Å²) in [5.41, 5.74) is 2.57. The molecule has 0 saturated heterocycles. The molecule has 0 aliphatic carbocycles. The number of aliphatic imine (C=N–C) groups is 1. The summed E-state index contributed by atoms with van der Waals surface area (Å²) in [4.78, 5) is 15.3. The van der Waals surface area contributed by atoms with E-state index in [-0.39, 0.29) is 5.69 Å². The minimum absolute atomic E-state index is 0.0549. The molecule has 2 aromatic carbocycles. The van der Waals surface area contributed by atoms with Crippen LogP contribution in [0.3, 0.4) is 0 Å². The van der Waals surface area contributed by atoms with Crippen LogP contribution >= 0.6 is 12.6 Å². The van der Waals surface area contributed by atoms with Crippen LogP contribution in [0.5, 0.6) is 0 Å². The molecule has 0 radical (unpaired) electrons. The minimum atomic E-state index is -0.423. The number of non-ortho nitro benzene ring substituents is 1. The van der Waals surface area contributed by atoms with Crippen molar-refractivity contribution in [2.75, 3.05) is 0 Å². The van der Waals surface area contributed by atoms with Crippen molar-refractivity contribution in [3.63, 3.8) is 0 Å². The average Bonchev–Trinajstić information content (AvgIpc) is 2.40. The van der Waals surface area contributed by atoms with Gasteiger partial charge in [0.25, 0.3) is 5.69 Å². The second-order valence-corrected chi connectivity index (χ2v) is 4.58. The third kappa shape index (κ3) is 3.42. The van der Waals surface area contributed by atoms with Gasteiger partial charge in [-0.05, 0) is 30.2 Å². The summed E-state index contributed by atoms with van der Waals surface area (Å²) in [6, 6.07) is 12.1. The quantitative estimate of drug-likeness (QED) is 0.398. The summed E-state index contributed by atoms with van der Waals surface area (Å²) in [6.45, 7) is 1.97. The number of nitro groups is 1. The van der Waals surface area contributed by atoms with Gasteiger partial charge < -0.3 is 0 Å². The fourth-order valence-corrected chi connectivity index (χ4v) is 1.80. The molecule has 0 aliphatic heterocycles. The highest BCUT2D eigenvalue weighted by molar-refractivity contribution is 7.80. The Morgan fingerprint density at radius 2 is 2.05 bits per heavy atom. The molecule has 0 N–H and O–H groups in total. The third-order valence-electron chi connectivity index (χ3n) is 2.56. The lowest BCUT2D eigenvalue weighted by atomic mass is 10.2. The normalized spacial score (nSPS) is 10.8. The Morgan fingerprint density at radius 1 is 1.26 bits per heavy atom. The van der Waals surface area contributed by atoms with Crippen molar-refractivity contribution >= 4 is 30.2 Å². The Hall–Kier alpha value is -2.14. The van der Waals surface area contributed by atoms with Crippen molar-refractivity contribution in [3.8, 4) is 0 Å². The molecule has 0 aromatic heterocycles. The first kappa shape index (κ1) is 13.3. The number of aryl methyl sites for hydroxylation is 1. The summed E-state index contributed by atoms with van der Waals surface area (Å²) in [5, 5.41) is 10.7. The molecule has 0 atom stereocenters. The number of hydrogen-bond donors (Lipinski definition) is 1. The Kier molecular flexibility index (Phi) is 3.97. The molecule has 4 nitrogen and oxygen atoms in total. The standard InChI is InChI=1S/C14H12N2O2S/c1-10-5-6-14(19)13(7-10)15-9-11-3-2-4-12(8-11)16(17)18/h2-9,19H,1H3. The molecule has 0 unspecified atom stereocenters. The second-order valence-electron chi connectivity index (χ2n) is 4.10. The van der Waals surface area contributed by atoms with Gasteiger partial charge in [-0.1, -0.05) is 18.2 Å². The van der Waals surface area contributed by atoms with Gasteiger partial charge in [-0.2, -0.15) is 0 Å². The molecular weight excluding hydrogens is 260 g/mol. The van der Waals surface area contributed by atoms with Crippen molar-refractivity contribution in [1.29, 1.82) is 0 Å². The maximum absolute atomic E-state index is 10.7. The molecule has 2 aromatic rings. The highest BCUT2D eigenvalue weighted by Gasteiger charge is 2.04. The van der Waals surface area contributed by atoms with Crippen molar-refractivity contribution in [2.24, 2.45) is 4.99 Å². The maximum Gasteiger partial charge on any atom is 0.270 e. The van der Waals surface area contributed by atoms with E-state index in [1.165, 1.54) is 12.1 Å². The number of rotatable bonds is 3. The highest BCUT2D eigenvalue weighted by Crippen LogP contribution is 2.24. The van der Waals surface area contributed by atoms with Crippen LogP contribution in [0.1, 0.15) is 11.1 Å². The lowest BCUT2D eigenvalue weighted by molar-refractivity contribution is -0.384. The monoisotopic (exact) mass is 272 g/mol. The summed E-state index contributed by atoms with van der Waals surface area (Å²) in [6.07, 6.45) is 1.60. The van der Waals surface area contributed by atoms with Gasteiger partial charge in [0.15, 0.2) is 0 Å². The summed E-state index contributed by atoms with van der Waals surface area (Å²) >= 11 is 4.32. The van der Waals surface area contributed by atoms with Gasteiger partial charge >= 0.3 is 0 Å². The number of benzene rings is 2. The number of nitro benzene ring substituents is 1. The van der Waals surface area contributed by atoms with Crippen LogP contribution in [0.4, 0.5) is 11.4 Å². The Labute approximate surface area is 116 Å². The first-order chi connectivity index (χ1) is 9.06. The zero-order valence-electron chi connectivity index (χ0n) is 10.3. The molecule has 96 valence electrons. The summed E-state index contributed by atoms with van der Waals surface area (Å²) in [5.74, 6) is 0. The number of thiol groups is 1. The van der Waals surface area contributed by atoms with E-state index in [2.05, 4.69) is 17.6 Å². The van der Waals surface area contributed by atoms with Crippen LogP contribution in [0.15, 0.2) is 52.4 Å². The van der Waals surface area contributed by atoms with Crippen LogP contribution < -0.4 is 0 Å². The van der Waals surface area contributed by atoms with Gasteiger partial charge in [-0.25, -0.2) is 0 Å². The number of nitrogens with zero attached hydrogens (tertiary/aromatic N) is 2. The van der Waals surface area contributed by atoms with E-state index >= 15 is 0 Å². The maximum atomic E-state index is 10.7. The fraction of sp³-hybridized carbons (Fsp3) is 0.0714. The number of hydrogen-bond acceptors (Lipinski definition) is 4. The molecule has 0 aliphatic rings. The van der Waals surface area contributed by atoms with Crippen molar-refractivity contribution in [3.05, 3.63) is 63.7 Å². The van der Waals surface area contributed by atoms with Crippen LogP contribution in [0.25, 0.3) is 0 Å². The smallest absolute Gasteiger partial charge is 0.258 e. The molecule has 0 saturated carbocycles. The molecule has 0 bridgehead atoms. The van der Waals surface area contributed by atoms with Crippen LogP contribution in [0.2, 0.25) is 0 Å². The van der Waals surface area contributed by atoms with E-state index < -0.39 is 4.92 Å². The second kappa shape index (κ2) is 5.67. The lowest BCUT2D eigenvalue weighted by Crippen LogP contribution is -1.89. The van der Waals surface area contributed by atoms with E-state index in [1.807, 2.05) is 25.1 Å². The van der Waals surface area contributed by atoms with Crippen LogP contribution in [-0.2, 0) is 0 Å². The molecule has 19 heavy (non-hydrogen) atoms. The van der Waals surface area contributed by atoms with E-state index in [0.717, 1.165) is 16.1 Å². The summed E-state index contributed by atoms with van der Waals surface area (Å²) in [7, 11) is 0. The lowest BCUT2D eigenvalue weighted by Gasteiger charge is -2.00. The van der Waals surface area contributed by atoms with E-state index in [4.69, 9.17) is 0 Å². The average molecular weight is 272 g/mol. The van der Waals surface area contributed by atoms with Gasteiger partial charge in [-0.15, -0.1) is 12.6 Å². The zero-order valence-corrected chi connectivity index (χ0v) is 11.2. The van der Waals surface area contributed by atoms with Gasteiger partial charge in [0.1, 0.15) is 0 Å². The first-order valence-corrected chi connectivity index (χ1v) is 6.09. The molecule has 0 heterocycles. The molecule has 0 spiro atoms. The Morgan fingerprint density at radius 3 is 2.79 bits per heavy atom. The van der Waals surface area contributed by atoms with Gasteiger partial charge in [0, 0.05) is 23.2 Å². The molecule has 5 heteroatoms. The van der Waals surface area contributed by atoms with Crippen molar-refractivity contribution in [1.82, 2.24) is 0 Å². The van der Waals surface area contributed by atoms with Gasteiger partial charge in [-0.3, -0.25) is 15.1 Å². The topological polar surface area (TPSA) is 55.5 Å². The zero-order chi connectivity index (χ0) is 13.8. The fourth-order valence-electron chi connectivity index (χ4n) is 1.60. The van der Waals surface area contributed by atoms with E-state index in [0.29, 0.717) is 5.56 Å². The first-order valence-electron chi connectivity index (χ1n) is 5.64. The predicted octanol–water partition coefficient (Wildman–Crippen LogP) is 3.94. The van der Waals surface area contributed by atoms with E-state index in [9.17, 15) is 10.1 Å².